The first-order valence-electron chi connectivity index (χ1n) is 9.51. The zero-order chi connectivity index (χ0) is 22.1. The van der Waals surface area contributed by atoms with E-state index >= 15 is 0 Å². The molecule has 2 aromatic carbocycles. The Labute approximate surface area is 176 Å². The van der Waals surface area contributed by atoms with E-state index in [0.29, 0.717) is 16.7 Å². The number of carboxylic acids is 1. The molecule has 0 radical (unpaired) electrons. The van der Waals surface area contributed by atoms with E-state index in [-0.39, 0.29) is 11.3 Å². The van der Waals surface area contributed by atoms with Gasteiger partial charge in [-0.15, -0.1) is 0 Å². The zero-order valence-corrected chi connectivity index (χ0v) is 16.4. The number of aliphatic hydroxyl groups excluding tert-OH is 2. The number of ether oxygens (including phenoxy) is 3. The molecular weight excluding hydrogens is 408 g/mol. The predicted octanol–water partition coefficient (Wildman–Crippen LogP) is 1.46. The maximum atomic E-state index is 11.8. The van der Waals surface area contributed by atoms with E-state index in [0.717, 1.165) is 0 Å². The minimum Gasteiger partial charge on any atom is -0.484 e. The molecule has 5 atom stereocenters. The van der Waals surface area contributed by atoms with Crippen LogP contribution in [0.3, 0.4) is 0 Å². The molecule has 1 aromatic heterocycles. The van der Waals surface area contributed by atoms with Crippen molar-refractivity contribution < 1.29 is 38.7 Å². The molecule has 0 bridgehead atoms. The molecular formula is C22H20O9. The largest absolute Gasteiger partial charge is 0.484 e. The second kappa shape index (κ2) is 8.38. The molecule has 0 amide bonds. The number of rotatable bonds is 5. The van der Waals surface area contributed by atoms with Crippen LogP contribution in [-0.4, -0.2) is 52.0 Å². The van der Waals surface area contributed by atoms with E-state index in [1.54, 1.807) is 49.4 Å². The second-order valence-electron chi connectivity index (χ2n) is 7.16. The third-order valence-corrected chi connectivity index (χ3v) is 4.98. The lowest BCUT2D eigenvalue weighted by atomic mass is 9.98. The minimum atomic E-state index is -1.64. The van der Waals surface area contributed by atoms with Gasteiger partial charge in [-0.25, -0.2) is 9.59 Å². The van der Waals surface area contributed by atoms with E-state index < -0.39 is 42.3 Å². The first-order valence-corrected chi connectivity index (χ1v) is 9.51. The summed E-state index contributed by atoms with van der Waals surface area (Å²) in [5, 5.41) is 31.3. The molecule has 1 fully saturated rings. The summed E-state index contributed by atoms with van der Waals surface area (Å²) in [6, 6.07) is 14.3. The summed E-state index contributed by atoms with van der Waals surface area (Å²) in [5.41, 5.74) is 0.410. The molecule has 1 aliphatic rings. The summed E-state index contributed by atoms with van der Waals surface area (Å²) >= 11 is 0. The highest BCUT2D eigenvalue weighted by Gasteiger charge is 2.50. The number of hydrogen-bond acceptors (Lipinski definition) is 8. The number of aliphatic carboxylic acids is 1. The standard InChI is InChI=1S/C22H20O9/c1-11-9-16(23)30-15-10-13(7-8-14(11)15)28-19-17(24)18(25)22(31-20(19)21(26)27)29-12-5-3-2-4-6-12/h2-10,17-20,22,24-25H,1H3,(H,26,27)/t17-,18-,19+,20+,22-/m1/s1. The normalized spacial score (nSPS) is 25.8. The van der Waals surface area contributed by atoms with Gasteiger partial charge >= 0.3 is 11.6 Å². The van der Waals surface area contributed by atoms with Gasteiger partial charge in [0.1, 0.15) is 29.3 Å². The number of benzene rings is 2. The highest BCUT2D eigenvalue weighted by Crippen LogP contribution is 2.29. The van der Waals surface area contributed by atoms with E-state index in [1.165, 1.54) is 12.1 Å². The third-order valence-electron chi connectivity index (χ3n) is 4.98. The van der Waals surface area contributed by atoms with Gasteiger partial charge in [-0.3, -0.25) is 0 Å². The Balaban J connectivity index is 1.59. The van der Waals surface area contributed by atoms with Crippen molar-refractivity contribution >= 4 is 16.9 Å². The summed E-state index contributed by atoms with van der Waals surface area (Å²) in [5.74, 6) is -0.933. The van der Waals surface area contributed by atoms with Gasteiger partial charge < -0.3 is 33.9 Å². The van der Waals surface area contributed by atoms with Crippen LogP contribution in [0.5, 0.6) is 11.5 Å². The van der Waals surface area contributed by atoms with Crippen molar-refractivity contribution in [3.63, 3.8) is 0 Å². The van der Waals surface area contributed by atoms with Crippen molar-refractivity contribution in [1.82, 2.24) is 0 Å². The highest BCUT2D eigenvalue weighted by atomic mass is 16.7. The van der Waals surface area contributed by atoms with Gasteiger partial charge in [0.15, 0.2) is 12.2 Å². The lowest BCUT2D eigenvalue weighted by Gasteiger charge is -2.40. The second-order valence-corrected chi connectivity index (χ2v) is 7.16. The average Bonchev–Trinajstić information content (AvgIpc) is 2.73. The Morgan fingerprint density at radius 1 is 0.968 bits per heavy atom. The van der Waals surface area contributed by atoms with Crippen LogP contribution in [-0.2, 0) is 9.53 Å². The average molecular weight is 428 g/mol. The predicted molar refractivity (Wildman–Crippen MR) is 107 cm³/mol. The van der Waals surface area contributed by atoms with Gasteiger partial charge in [0.25, 0.3) is 0 Å². The number of carboxylic acid groups (broad SMARTS) is 1. The Morgan fingerprint density at radius 3 is 2.42 bits per heavy atom. The minimum absolute atomic E-state index is 0.134. The van der Waals surface area contributed by atoms with Gasteiger partial charge in [0.05, 0.1) is 0 Å². The van der Waals surface area contributed by atoms with Gasteiger partial charge in [-0.2, -0.15) is 0 Å². The van der Waals surface area contributed by atoms with Crippen molar-refractivity contribution in [3.05, 3.63) is 70.6 Å². The summed E-state index contributed by atoms with van der Waals surface area (Å²) in [4.78, 5) is 23.4. The van der Waals surface area contributed by atoms with Crippen LogP contribution >= 0.6 is 0 Å². The van der Waals surface area contributed by atoms with Crippen LogP contribution in [0.1, 0.15) is 5.56 Å². The molecule has 1 saturated heterocycles. The van der Waals surface area contributed by atoms with E-state index in [1.807, 2.05) is 0 Å². The molecule has 2 heterocycles. The third kappa shape index (κ3) is 4.24. The Bertz CT molecular complexity index is 1140. The van der Waals surface area contributed by atoms with Crippen molar-refractivity contribution in [2.75, 3.05) is 0 Å². The quantitative estimate of drug-likeness (QED) is 0.516. The number of aliphatic hydroxyl groups is 2. The molecule has 0 unspecified atom stereocenters. The van der Waals surface area contributed by atoms with Crippen molar-refractivity contribution in [2.45, 2.75) is 37.6 Å². The SMILES string of the molecule is Cc1cc(=O)oc2cc(O[C@H]3[C@H](O)[C@@H](O)[C@H](Oc4ccccc4)O[C@@H]3C(=O)O)ccc12. The van der Waals surface area contributed by atoms with E-state index in [9.17, 15) is 24.9 Å². The molecule has 3 N–H and O–H groups in total. The zero-order valence-electron chi connectivity index (χ0n) is 16.4. The molecule has 1 aliphatic heterocycles. The van der Waals surface area contributed by atoms with Gasteiger partial charge in [-0.1, -0.05) is 18.2 Å². The summed E-state index contributed by atoms with van der Waals surface area (Å²) in [7, 11) is 0. The fourth-order valence-electron chi connectivity index (χ4n) is 3.43. The molecule has 0 saturated carbocycles. The lowest BCUT2D eigenvalue weighted by Crippen LogP contribution is -2.63. The summed E-state index contributed by atoms with van der Waals surface area (Å²) in [6.45, 7) is 1.75. The molecule has 4 rings (SSSR count). The fourth-order valence-corrected chi connectivity index (χ4v) is 3.43. The molecule has 31 heavy (non-hydrogen) atoms. The Kier molecular flexibility index (Phi) is 5.64. The van der Waals surface area contributed by atoms with Crippen molar-refractivity contribution in [2.24, 2.45) is 0 Å². The van der Waals surface area contributed by atoms with Crippen molar-refractivity contribution in [1.29, 1.82) is 0 Å². The number of fused-ring (bicyclic) bond motifs is 1. The van der Waals surface area contributed by atoms with Gasteiger partial charge in [0.2, 0.25) is 6.29 Å². The number of carbonyl (C=O) groups is 1. The molecule has 9 nitrogen and oxygen atoms in total. The highest BCUT2D eigenvalue weighted by molar-refractivity contribution is 5.81. The summed E-state index contributed by atoms with van der Waals surface area (Å²) in [6.07, 6.45) is -7.72. The van der Waals surface area contributed by atoms with Crippen LogP contribution in [0.4, 0.5) is 0 Å². The van der Waals surface area contributed by atoms with Crippen LogP contribution in [0.15, 0.2) is 63.8 Å². The number of aryl methyl sites for hydroxylation is 1. The monoisotopic (exact) mass is 428 g/mol. The summed E-state index contributed by atoms with van der Waals surface area (Å²) < 4.78 is 21.7. The maximum Gasteiger partial charge on any atom is 0.337 e. The van der Waals surface area contributed by atoms with Crippen LogP contribution in [0, 0.1) is 6.92 Å². The Morgan fingerprint density at radius 2 is 1.71 bits per heavy atom. The van der Waals surface area contributed by atoms with Crippen LogP contribution < -0.4 is 15.1 Å². The van der Waals surface area contributed by atoms with E-state index in [4.69, 9.17) is 18.6 Å². The molecule has 162 valence electrons. The Hall–Kier alpha value is -3.40. The van der Waals surface area contributed by atoms with Crippen molar-refractivity contribution in [3.8, 4) is 11.5 Å². The van der Waals surface area contributed by atoms with Crippen LogP contribution in [0.25, 0.3) is 11.0 Å². The molecule has 9 heteroatoms. The first-order chi connectivity index (χ1) is 14.8. The number of para-hydroxylation sites is 1. The van der Waals surface area contributed by atoms with Gasteiger partial charge in [0, 0.05) is 17.5 Å². The first kappa shape index (κ1) is 20.9. The number of hydrogen-bond donors (Lipinski definition) is 3. The fraction of sp³-hybridized carbons (Fsp3) is 0.273. The topological polar surface area (TPSA) is 136 Å². The van der Waals surface area contributed by atoms with Gasteiger partial charge in [-0.05, 0) is 36.8 Å². The van der Waals surface area contributed by atoms with Crippen LogP contribution in [0.2, 0.25) is 0 Å². The molecule has 3 aromatic rings. The molecule has 0 aliphatic carbocycles. The molecule has 0 spiro atoms. The van der Waals surface area contributed by atoms with E-state index in [2.05, 4.69) is 0 Å². The maximum absolute atomic E-state index is 11.8. The smallest absolute Gasteiger partial charge is 0.337 e. The lowest BCUT2D eigenvalue weighted by molar-refractivity contribution is -0.266.